The predicted molar refractivity (Wildman–Crippen MR) is 115 cm³/mol. The number of pyridine rings is 1. The van der Waals surface area contributed by atoms with E-state index in [0.29, 0.717) is 29.8 Å². The maximum Gasteiger partial charge on any atom is 0.249 e. The van der Waals surface area contributed by atoms with Crippen molar-refractivity contribution >= 4 is 29.4 Å². The van der Waals surface area contributed by atoms with Crippen LogP contribution in [0.25, 0.3) is 6.08 Å². The molecule has 2 N–H and O–H groups in total. The Hall–Kier alpha value is -3.15. The van der Waals surface area contributed by atoms with Gasteiger partial charge in [-0.3, -0.25) is 9.59 Å². The topological polar surface area (TPSA) is 80.3 Å². The van der Waals surface area contributed by atoms with Gasteiger partial charge in [-0.15, -0.1) is 0 Å². The summed E-state index contributed by atoms with van der Waals surface area (Å²) < 4.78 is 5.95. The molecule has 6 heteroatoms. The maximum atomic E-state index is 12.3. The molecule has 1 aliphatic carbocycles. The first-order valence-electron chi connectivity index (χ1n) is 10.0. The number of carbonyl (C=O) groups is 2. The van der Waals surface area contributed by atoms with Crippen molar-refractivity contribution in [2.45, 2.75) is 39.0 Å². The van der Waals surface area contributed by atoms with Gasteiger partial charge in [0.15, 0.2) is 11.6 Å². The molecule has 1 aromatic heterocycles. The highest BCUT2D eigenvalue weighted by Gasteiger charge is 2.15. The van der Waals surface area contributed by atoms with E-state index in [1.807, 2.05) is 18.2 Å². The largest absolute Gasteiger partial charge is 0.489 e. The first kappa shape index (κ1) is 20.6. The van der Waals surface area contributed by atoms with Crippen molar-refractivity contribution in [2.75, 3.05) is 17.2 Å². The van der Waals surface area contributed by atoms with E-state index in [1.54, 1.807) is 30.5 Å². The number of amides is 2. The molecular formula is C23H27N3O3. The fourth-order valence-electron chi connectivity index (χ4n) is 3.37. The van der Waals surface area contributed by atoms with E-state index in [1.165, 1.54) is 45.1 Å². The van der Waals surface area contributed by atoms with Crippen molar-refractivity contribution in [1.82, 2.24) is 4.98 Å². The molecule has 0 bridgehead atoms. The van der Waals surface area contributed by atoms with Crippen molar-refractivity contribution < 1.29 is 14.3 Å². The van der Waals surface area contributed by atoms with Crippen LogP contribution in [0.3, 0.4) is 0 Å². The van der Waals surface area contributed by atoms with Crippen molar-refractivity contribution in [2.24, 2.45) is 5.92 Å². The third-order valence-corrected chi connectivity index (χ3v) is 4.87. The standard InChI is InChI=1S/C23H27N3O3/c1-17(27)25-20-12-9-18(10-13-20)11-14-22(28)26-23-21(8-5-15-24-23)29-16-19-6-3-2-4-7-19/h5,8-15,19H,2-4,6-7,16H2,1H3,(H,25,27)(H,24,26,28)/b14-11+. The molecule has 1 fully saturated rings. The van der Waals surface area contributed by atoms with Crippen molar-refractivity contribution in [1.29, 1.82) is 0 Å². The van der Waals surface area contributed by atoms with Gasteiger partial charge in [-0.2, -0.15) is 0 Å². The molecule has 29 heavy (non-hydrogen) atoms. The molecule has 0 saturated heterocycles. The van der Waals surface area contributed by atoms with Crippen LogP contribution < -0.4 is 15.4 Å². The Morgan fingerprint density at radius 1 is 1.10 bits per heavy atom. The average Bonchev–Trinajstić information content (AvgIpc) is 2.73. The van der Waals surface area contributed by atoms with Crippen LogP contribution >= 0.6 is 0 Å². The maximum absolute atomic E-state index is 12.3. The highest BCUT2D eigenvalue weighted by Crippen LogP contribution is 2.27. The second-order valence-electron chi connectivity index (χ2n) is 7.29. The molecule has 1 saturated carbocycles. The Morgan fingerprint density at radius 3 is 2.59 bits per heavy atom. The molecular weight excluding hydrogens is 366 g/mol. The van der Waals surface area contributed by atoms with E-state index in [0.717, 1.165) is 5.56 Å². The zero-order valence-electron chi connectivity index (χ0n) is 16.7. The summed E-state index contributed by atoms with van der Waals surface area (Å²) in [6, 6.07) is 10.9. The monoisotopic (exact) mass is 393 g/mol. The quantitative estimate of drug-likeness (QED) is 0.671. The molecule has 0 spiro atoms. The summed E-state index contributed by atoms with van der Waals surface area (Å²) in [5.41, 5.74) is 1.57. The fraction of sp³-hybridized carbons (Fsp3) is 0.348. The van der Waals surface area contributed by atoms with Gasteiger partial charge < -0.3 is 15.4 Å². The van der Waals surface area contributed by atoms with Gasteiger partial charge in [-0.05, 0) is 54.7 Å². The molecule has 2 amide bonds. The van der Waals surface area contributed by atoms with E-state index in [-0.39, 0.29) is 11.8 Å². The second kappa shape index (κ2) is 10.4. The van der Waals surface area contributed by atoms with Gasteiger partial charge in [0.1, 0.15) is 0 Å². The van der Waals surface area contributed by atoms with Gasteiger partial charge in [0, 0.05) is 24.9 Å². The molecule has 152 valence electrons. The third kappa shape index (κ3) is 6.75. The van der Waals surface area contributed by atoms with Crippen LogP contribution in [0.1, 0.15) is 44.6 Å². The number of hydrogen-bond donors (Lipinski definition) is 2. The minimum atomic E-state index is -0.280. The fourth-order valence-corrected chi connectivity index (χ4v) is 3.37. The van der Waals surface area contributed by atoms with Crippen molar-refractivity contribution in [3.63, 3.8) is 0 Å². The third-order valence-electron chi connectivity index (χ3n) is 4.87. The molecule has 0 unspecified atom stereocenters. The van der Waals surface area contributed by atoms with Crippen molar-refractivity contribution in [3.05, 3.63) is 54.2 Å². The number of anilines is 2. The molecule has 0 radical (unpaired) electrons. The molecule has 1 heterocycles. The molecule has 2 aromatic rings. The zero-order valence-corrected chi connectivity index (χ0v) is 16.7. The van der Waals surface area contributed by atoms with Gasteiger partial charge in [-0.25, -0.2) is 4.98 Å². The Labute approximate surface area is 171 Å². The molecule has 0 aliphatic heterocycles. The van der Waals surface area contributed by atoms with Crippen LogP contribution in [0.15, 0.2) is 48.7 Å². The highest BCUT2D eigenvalue weighted by molar-refractivity contribution is 6.02. The lowest BCUT2D eigenvalue weighted by molar-refractivity contribution is -0.114. The lowest BCUT2D eigenvalue weighted by Crippen LogP contribution is -2.17. The number of aromatic nitrogens is 1. The Bertz CT molecular complexity index is 856. The molecule has 0 atom stereocenters. The van der Waals surface area contributed by atoms with Crippen LogP contribution in [-0.4, -0.2) is 23.4 Å². The number of benzene rings is 1. The van der Waals surface area contributed by atoms with Gasteiger partial charge in [0.25, 0.3) is 0 Å². The first-order valence-corrected chi connectivity index (χ1v) is 10.0. The van der Waals surface area contributed by atoms with Crippen LogP contribution in [0.5, 0.6) is 5.75 Å². The summed E-state index contributed by atoms with van der Waals surface area (Å²) in [4.78, 5) is 27.6. The SMILES string of the molecule is CC(=O)Nc1ccc(/C=C/C(=O)Nc2ncccc2OCC2CCCCC2)cc1. The van der Waals surface area contributed by atoms with E-state index < -0.39 is 0 Å². The highest BCUT2D eigenvalue weighted by atomic mass is 16.5. The minimum Gasteiger partial charge on any atom is -0.489 e. The Morgan fingerprint density at radius 2 is 1.86 bits per heavy atom. The van der Waals surface area contributed by atoms with Crippen LogP contribution in [0, 0.1) is 5.92 Å². The minimum absolute atomic E-state index is 0.121. The van der Waals surface area contributed by atoms with Gasteiger partial charge in [-0.1, -0.05) is 31.4 Å². The number of ether oxygens (including phenoxy) is 1. The molecule has 6 nitrogen and oxygen atoms in total. The van der Waals surface area contributed by atoms with Crippen LogP contribution in [0.4, 0.5) is 11.5 Å². The normalized spacial score (nSPS) is 14.5. The predicted octanol–water partition coefficient (Wildman–Crippen LogP) is 4.65. The van der Waals surface area contributed by atoms with Gasteiger partial charge >= 0.3 is 0 Å². The van der Waals surface area contributed by atoms with Crippen LogP contribution in [-0.2, 0) is 9.59 Å². The molecule has 1 aromatic carbocycles. The lowest BCUT2D eigenvalue weighted by Gasteiger charge is -2.22. The Kier molecular flexibility index (Phi) is 7.39. The summed E-state index contributed by atoms with van der Waals surface area (Å²) in [5.74, 6) is 1.20. The smallest absolute Gasteiger partial charge is 0.249 e. The number of hydrogen-bond acceptors (Lipinski definition) is 4. The van der Waals surface area contributed by atoms with E-state index in [9.17, 15) is 9.59 Å². The summed E-state index contributed by atoms with van der Waals surface area (Å²) in [7, 11) is 0. The number of nitrogens with zero attached hydrogens (tertiary/aromatic N) is 1. The van der Waals surface area contributed by atoms with Gasteiger partial charge in [0.05, 0.1) is 6.61 Å². The second-order valence-corrected chi connectivity index (χ2v) is 7.29. The van der Waals surface area contributed by atoms with Crippen molar-refractivity contribution in [3.8, 4) is 5.75 Å². The van der Waals surface area contributed by atoms with Gasteiger partial charge in [0.2, 0.25) is 11.8 Å². The van der Waals surface area contributed by atoms with E-state index >= 15 is 0 Å². The molecule has 1 aliphatic rings. The first-order chi connectivity index (χ1) is 14.1. The van der Waals surface area contributed by atoms with E-state index in [2.05, 4.69) is 15.6 Å². The number of nitrogens with one attached hydrogen (secondary N) is 2. The lowest BCUT2D eigenvalue weighted by atomic mass is 9.90. The summed E-state index contributed by atoms with van der Waals surface area (Å²) in [6.45, 7) is 2.12. The number of carbonyl (C=O) groups excluding carboxylic acids is 2. The summed E-state index contributed by atoms with van der Waals surface area (Å²) in [5, 5.41) is 5.49. The average molecular weight is 393 g/mol. The number of rotatable bonds is 7. The van der Waals surface area contributed by atoms with E-state index in [4.69, 9.17) is 4.74 Å². The van der Waals surface area contributed by atoms with Crippen LogP contribution in [0.2, 0.25) is 0 Å². The zero-order chi connectivity index (χ0) is 20.5. The molecule has 3 rings (SSSR count). The summed E-state index contributed by atoms with van der Waals surface area (Å²) in [6.07, 6.45) is 11.0. The Balaban J connectivity index is 1.55. The summed E-state index contributed by atoms with van der Waals surface area (Å²) >= 11 is 0.